The average Bonchev–Trinajstić information content (AvgIpc) is 2.63. The molecule has 0 saturated heterocycles. The Morgan fingerprint density at radius 2 is 2.13 bits per heavy atom. The Kier molecular flexibility index (Phi) is 2.84. The van der Waals surface area contributed by atoms with E-state index in [0.29, 0.717) is 0 Å². The number of rotatable bonds is 2. The van der Waals surface area contributed by atoms with E-state index >= 15 is 0 Å². The lowest BCUT2D eigenvalue weighted by molar-refractivity contribution is 0.624. The van der Waals surface area contributed by atoms with E-state index in [1.54, 1.807) is 17.4 Å². The topological polar surface area (TPSA) is 26.0 Å². The van der Waals surface area contributed by atoms with Crippen molar-refractivity contribution < 1.29 is 4.39 Å². The molecule has 2 N–H and O–H groups in total. The van der Waals surface area contributed by atoms with Crippen molar-refractivity contribution in [3.05, 3.63) is 57.5 Å². The second kappa shape index (κ2) is 4.13. The van der Waals surface area contributed by atoms with Crippen molar-refractivity contribution in [1.29, 1.82) is 0 Å². The summed E-state index contributed by atoms with van der Waals surface area (Å²) in [5.41, 5.74) is 8.06. The standard InChI is InChI=1S/C12H12FNS/c1-8-5-6-15-12(8)11(14)9-3-2-4-10(13)7-9/h2-7,11H,14H2,1H3. The van der Waals surface area contributed by atoms with Crippen molar-refractivity contribution >= 4 is 11.3 Å². The largest absolute Gasteiger partial charge is 0.320 e. The highest BCUT2D eigenvalue weighted by Gasteiger charge is 2.12. The molecule has 0 aliphatic heterocycles. The molecule has 0 aliphatic carbocycles. The van der Waals surface area contributed by atoms with E-state index in [-0.39, 0.29) is 11.9 Å². The highest BCUT2D eigenvalue weighted by Crippen LogP contribution is 2.27. The summed E-state index contributed by atoms with van der Waals surface area (Å²) in [5, 5.41) is 2.00. The summed E-state index contributed by atoms with van der Waals surface area (Å²) in [5.74, 6) is -0.239. The molecule has 0 fully saturated rings. The number of hydrogen-bond acceptors (Lipinski definition) is 2. The minimum absolute atomic E-state index is 0.222. The van der Waals surface area contributed by atoms with Gasteiger partial charge in [-0.2, -0.15) is 0 Å². The molecule has 1 aromatic carbocycles. The average molecular weight is 221 g/mol. The first kappa shape index (κ1) is 10.3. The van der Waals surface area contributed by atoms with Gasteiger partial charge in [0.05, 0.1) is 6.04 Å². The minimum atomic E-state index is -0.239. The van der Waals surface area contributed by atoms with Crippen LogP contribution < -0.4 is 5.73 Å². The van der Waals surface area contributed by atoms with Crippen molar-refractivity contribution in [3.8, 4) is 0 Å². The van der Waals surface area contributed by atoms with Crippen LogP contribution >= 0.6 is 11.3 Å². The normalized spacial score (nSPS) is 12.7. The Bertz CT molecular complexity index is 464. The van der Waals surface area contributed by atoms with Crippen LogP contribution in [0.4, 0.5) is 4.39 Å². The Morgan fingerprint density at radius 1 is 1.33 bits per heavy atom. The summed E-state index contributed by atoms with van der Waals surface area (Å²) >= 11 is 1.61. The third-order valence-electron chi connectivity index (χ3n) is 2.39. The summed E-state index contributed by atoms with van der Waals surface area (Å²) in [6, 6.07) is 8.27. The van der Waals surface area contributed by atoms with Gasteiger partial charge in [-0.25, -0.2) is 4.39 Å². The third kappa shape index (κ3) is 2.08. The van der Waals surface area contributed by atoms with Crippen LogP contribution in [0, 0.1) is 12.7 Å². The van der Waals surface area contributed by atoms with Crippen LogP contribution in [0.1, 0.15) is 22.0 Å². The number of hydrogen-bond donors (Lipinski definition) is 1. The zero-order valence-electron chi connectivity index (χ0n) is 8.41. The zero-order chi connectivity index (χ0) is 10.8. The number of thiophene rings is 1. The molecule has 3 heteroatoms. The van der Waals surface area contributed by atoms with Crippen molar-refractivity contribution in [2.24, 2.45) is 5.73 Å². The van der Waals surface area contributed by atoms with Gasteiger partial charge in [0.15, 0.2) is 0 Å². The van der Waals surface area contributed by atoms with Gasteiger partial charge in [0.1, 0.15) is 5.82 Å². The molecular weight excluding hydrogens is 209 g/mol. The van der Waals surface area contributed by atoms with Gasteiger partial charge in [0, 0.05) is 4.88 Å². The molecule has 0 saturated carbocycles. The predicted molar refractivity (Wildman–Crippen MR) is 61.5 cm³/mol. The first-order valence-corrected chi connectivity index (χ1v) is 5.61. The number of benzene rings is 1. The Balaban J connectivity index is 2.36. The monoisotopic (exact) mass is 221 g/mol. The number of nitrogens with two attached hydrogens (primary N) is 1. The molecule has 0 spiro atoms. The maximum absolute atomic E-state index is 13.0. The number of aryl methyl sites for hydroxylation is 1. The van der Waals surface area contributed by atoms with Crippen molar-refractivity contribution in [3.63, 3.8) is 0 Å². The first-order chi connectivity index (χ1) is 7.18. The molecular formula is C12H12FNS. The number of halogens is 1. The predicted octanol–water partition coefficient (Wildman–Crippen LogP) is 3.24. The van der Waals surface area contributed by atoms with Gasteiger partial charge in [0.2, 0.25) is 0 Å². The second-order valence-corrected chi connectivity index (χ2v) is 4.45. The van der Waals surface area contributed by atoms with Crippen LogP contribution in [-0.4, -0.2) is 0 Å². The van der Waals surface area contributed by atoms with Gasteiger partial charge in [-0.05, 0) is 41.6 Å². The van der Waals surface area contributed by atoms with E-state index in [1.807, 2.05) is 24.4 Å². The Morgan fingerprint density at radius 3 is 2.73 bits per heavy atom. The summed E-state index contributed by atoms with van der Waals surface area (Å²) in [6.07, 6.45) is 0. The lowest BCUT2D eigenvalue weighted by atomic mass is 10.0. The molecule has 1 unspecified atom stereocenters. The minimum Gasteiger partial charge on any atom is -0.320 e. The van der Waals surface area contributed by atoms with Crippen LogP contribution in [0.25, 0.3) is 0 Å². The van der Waals surface area contributed by atoms with Gasteiger partial charge in [-0.15, -0.1) is 11.3 Å². The molecule has 0 radical (unpaired) electrons. The van der Waals surface area contributed by atoms with E-state index in [1.165, 1.54) is 12.1 Å². The fourth-order valence-corrected chi connectivity index (χ4v) is 2.51. The molecule has 2 rings (SSSR count). The van der Waals surface area contributed by atoms with Gasteiger partial charge in [0.25, 0.3) is 0 Å². The fourth-order valence-electron chi connectivity index (χ4n) is 1.55. The third-order valence-corrected chi connectivity index (χ3v) is 3.49. The Labute approximate surface area is 92.4 Å². The van der Waals surface area contributed by atoms with Crippen LogP contribution in [0.5, 0.6) is 0 Å². The quantitative estimate of drug-likeness (QED) is 0.827. The fraction of sp³-hybridized carbons (Fsp3) is 0.167. The molecule has 2 aromatic rings. The van der Waals surface area contributed by atoms with Crippen molar-refractivity contribution in [2.75, 3.05) is 0 Å². The highest BCUT2D eigenvalue weighted by molar-refractivity contribution is 7.10. The van der Waals surface area contributed by atoms with Crippen LogP contribution in [-0.2, 0) is 0 Å². The van der Waals surface area contributed by atoms with Gasteiger partial charge in [-0.3, -0.25) is 0 Å². The molecule has 1 atom stereocenters. The first-order valence-electron chi connectivity index (χ1n) is 4.73. The molecule has 1 aromatic heterocycles. The lowest BCUT2D eigenvalue weighted by Crippen LogP contribution is -2.11. The van der Waals surface area contributed by atoms with Gasteiger partial charge < -0.3 is 5.73 Å². The molecule has 1 nitrogen and oxygen atoms in total. The van der Waals surface area contributed by atoms with Gasteiger partial charge in [-0.1, -0.05) is 12.1 Å². The molecule has 15 heavy (non-hydrogen) atoms. The van der Waals surface area contributed by atoms with E-state index in [2.05, 4.69) is 0 Å². The van der Waals surface area contributed by atoms with E-state index in [4.69, 9.17) is 5.73 Å². The smallest absolute Gasteiger partial charge is 0.123 e. The van der Waals surface area contributed by atoms with E-state index in [0.717, 1.165) is 16.0 Å². The lowest BCUT2D eigenvalue weighted by Gasteiger charge is -2.11. The van der Waals surface area contributed by atoms with Crippen molar-refractivity contribution in [2.45, 2.75) is 13.0 Å². The van der Waals surface area contributed by atoms with Crippen LogP contribution in [0.15, 0.2) is 35.7 Å². The molecule has 1 heterocycles. The zero-order valence-corrected chi connectivity index (χ0v) is 9.22. The Hall–Kier alpha value is -1.19. The van der Waals surface area contributed by atoms with Crippen molar-refractivity contribution in [1.82, 2.24) is 0 Å². The molecule has 0 bridgehead atoms. The SMILES string of the molecule is Cc1ccsc1C(N)c1cccc(F)c1. The maximum atomic E-state index is 13.0. The molecule has 0 aliphatic rings. The highest BCUT2D eigenvalue weighted by atomic mass is 32.1. The summed E-state index contributed by atoms with van der Waals surface area (Å²) in [4.78, 5) is 1.10. The summed E-state index contributed by atoms with van der Waals surface area (Å²) < 4.78 is 13.0. The van der Waals surface area contributed by atoms with Crippen LogP contribution in [0.3, 0.4) is 0 Å². The van der Waals surface area contributed by atoms with E-state index in [9.17, 15) is 4.39 Å². The second-order valence-electron chi connectivity index (χ2n) is 3.50. The van der Waals surface area contributed by atoms with Crippen LogP contribution in [0.2, 0.25) is 0 Å². The molecule has 78 valence electrons. The summed E-state index contributed by atoms with van der Waals surface area (Å²) in [7, 11) is 0. The summed E-state index contributed by atoms with van der Waals surface area (Å²) in [6.45, 7) is 2.02. The maximum Gasteiger partial charge on any atom is 0.123 e. The molecule has 0 amide bonds. The van der Waals surface area contributed by atoms with E-state index < -0.39 is 0 Å². The van der Waals surface area contributed by atoms with Gasteiger partial charge >= 0.3 is 0 Å².